The number of rotatable bonds is 1. The summed E-state index contributed by atoms with van der Waals surface area (Å²) in [6.07, 6.45) is 0. The fourth-order valence-corrected chi connectivity index (χ4v) is 1.69. The first-order valence-corrected chi connectivity index (χ1v) is 4.07. The molecule has 3 nitrogen and oxygen atoms in total. The SMILES string of the molecule is [C-]#[N+]c1cc(C)sc1C(=O)OC. The van der Waals surface area contributed by atoms with Crippen LogP contribution in [0.15, 0.2) is 6.07 Å². The molecule has 1 heterocycles. The Balaban J connectivity index is 3.15. The van der Waals surface area contributed by atoms with E-state index in [1.165, 1.54) is 18.4 Å². The van der Waals surface area contributed by atoms with Gasteiger partial charge in [-0.1, -0.05) is 0 Å². The van der Waals surface area contributed by atoms with Gasteiger partial charge in [-0.25, -0.2) is 9.64 Å². The molecule has 0 aliphatic rings. The van der Waals surface area contributed by atoms with Gasteiger partial charge in [0.05, 0.1) is 13.7 Å². The molecular formula is C8H7NO2S. The molecule has 0 N–H and O–H groups in total. The number of thiophene rings is 1. The van der Waals surface area contributed by atoms with E-state index in [0.29, 0.717) is 10.6 Å². The number of ether oxygens (including phenoxy) is 1. The minimum Gasteiger partial charge on any atom is -0.466 e. The average Bonchev–Trinajstić information content (AvgIpc) is 2.45. The lowest BCUT2D eigenvalue weighted by Crippen LogP contribution is -1.97. The maximum atomic E-state index is 11.1. The third kappa shape index (κ3) is 1.46. The summed E-state index contributed by atoms with van der Waals surface area (Å²) in [5.74, 6) is -0.431. The van der Waals surface area contributed by atoms with Gasteiger partial charge in [-0.05, 0) is 17.9 Å². The number of aryl methyl sites for hydroxylation is 1. The van der Waals surface area contributed by atoms with E-state index in [2.05, 4.69) is 9.58 Å². The van der Waals surface area contributed by atoms with Gasteiger partial charge < -0.3 is 4.74 Å². The molecule has 1 aromatic heterocycles. The van der Waals surface area contributed by atoms with Crippen LogP contribution in [0.2, 0.25) is 0 Å². The maximum Gasteiger partial charge on any atom is 0.337 e. The van der Waals surface area contributed by atoms with Crippen LogP contribution >= 0.6 is 11.3 Å². The van der Waals surface area contributed by atoms with Gasteiger partial charge in [-0.3, -0.25) is 0 Å². The van der Waals surface area contributed by atoms with Gasteiger partial charge in [0.15, 0.2) is 0 Å². The van der Waals surface area contributed by atoms with E-state index >= 15 is 0 Å². The van der Waals surface area contributed by atoms with E-state index < -0.39 is 5.97 Å². The first kappa shape index (κ1) is 8.75. The fraction of sp³-hybridized carbons (Fsp3) is 0.250. The van der Waals surface area contributed by atoms with Gasteiger partial charge in [0.2, 0.25) is 5.69 Å². The van der Waals surface area contributed by atoms with Crippen molar-refractivity contribution in [2.45, 2.75) is 6.92 Å². The van der Waals surface area contributed by atoms with E-state index in [9.17, 15) is 4.79 Å². The van der Waals surface area contributed by atoms with Gasteiger partial charge >= 0.3 is 5.97 Å². The second-order valence-corrected chi connectivity index (χ2v) is 3.43. The van der Waals surface area contributed by atoms with Crippen molar-refractivity contribution in [2.24, 2.45) is 0 Å². The van der Waals surface area contributed by atoms with E-state index in [4.69, 9.17) is 6.57 Å². The highest BCUT2D eigenvalue weighted by Gasteiger charge is 2.14. The molecule has 0 amide bonds. The molecule has 12 heavy (non-hydrogen) atoms. The highest BCUT2D eigenvalue weighted by atomic mass is 32.1. The third-order valence-corrected chi connectivity index (χ3v) is 2.35. The Morgan fingerprint density at radius 1 is 1.75 bits per heavy atom. The minimum atomic E-state index is -0.431. The van der Waals surface area contributed by atoms with Gasteiger partial charge in [0.1, 0.15) is 4.88 Å². The quantitative estimate of drug-likeness (QED) is 0.492. The number of hydrogen-bond acceptors (Lipinski definition) is 3. The molecule has 0 aliphatic heterocycles. The van der Waals surface area contributed by atoms with Gasteiger partial charge in [0, 0.05) is 0 Å². The van der Waals surface area contributed by atoms with Gasteiger partial charge in [0.25, 0.3) is 0 Å². The number of methoxy groups -OCH3 is 1. The van der Waals surface area contributed by atoms with Crippen LogP contribution in [-0.4, -0.2) is 13.1 Å². The Kier molecular flexibility index (Phi) is 2.46. The van der Waals surface area contributed by atoms with Crippen LogP contribution in [-0.2, 0) is 4.74 Å². The predicted molar refractivity (Wildman–Crippen MR) is 46.7 cm³/mol. The molecule has 0 aromatic carbocycles. The van der Waals surface area contributed by atoms with Crippen molar-refractivity contribution in [1.82, 2.24) is 0 Å². The summed E-state index contributed by atoms with van der Waals surface area (Å²) in [5.41, 5.74) is 0.379. The summed E-state index contributed by atoms with van der Waals surface area (Å²) in [5, 5.41) is 0. The molecule has 4 heteroatoms. The summed E-state index contributed by atoms with van der Waals surface area (Å²) in [6, 6.07) is 1.68. The van der Waals surface area contributed by atoms with Crippen molar-refractivity contribution in [3.05, 3.63) is 27.2 Å². The lowest BCUT2D eigenvalue weighted by molar-refractivity contribution is 0.0607. The van der Waals surface area contributed by atoms with E-state index in [0.717, 1.165) is 4.88 Å². The molecule has 0 fully saturated rings. The smallest absolute Gasteiger partial charge is 0.337 e. The Morgan fingerprint density at radius 3 is 2.92 bits per heavy atom. The zero-order valence-electron chi connectivity index (χ0n) is 6.75. The first-order valence-electron chi connectivity index (χ1n) is 3.25. The van der Waals surface area contributed by atoms with Crippen LogP contribution in [0, 0.1) is 13.5 Å². The summed E-state index contributed by atoms with van der Waals surface area (Å²) in [6.45, 7) is 8.64. The molecule has 0 unspecified atom stereocenters. The molecule has 0 atom stereocenters. The molecule has 0 radical (unpaired) electrons. The molecule has 0 aliphatic carbocycles. The Hall–Kier alpha value is -1.34. The Bertz CT molecular complexity index is 348. The maximum absolute atomic E-state index is 11.1. The largest absolute Gasteiger partial charge is 0.466 e. The van der Waals surface area contributed by atoms with Gasteiger partial charge in [-0.15, -0.1) is 11.3 Å². The lowest BCUT2D eigenvalue weighted by Gasteiger charge is -1.93. The zero-order valence-corrected chi connectivity index (χ0v) is 7.57. The van der Waals surface area contributed by atoms with Crippen molar-refractivity contribution >= 4 is 23.0 Å². The van der Waals surface area contributed by atoms with Crippen LogP contribution in [0.25, 0.3) is 4.85 Å². The second kappa shape index (κ2) is 3.37. The highest BCUT2D eigenvalue weighted by Crippen LogP contribution is 2.29. The minimum absolute atomic E-state index is 0.379. The molecule has 1 aromatic rings. The van der Waals surface area contributed by atoms with Crippen LogP contribution < -0.4 is 0 Å². The Morgan fingerprint density at radius 2 is 2.42 bits per heavy atom. The molecule has 62 valence electrons. The second-order valence-electron chi connectivity index (χ2n) is 2.17. The molecule has 0 saturated heterocycles. The van der Waals surface area contributed by atoms with E-state index in [1.807, 2.05) is 6.92 Å². The first-order chi connectivity index (χ1) is 5.69. The third-order valence-electron chi connectivity index (χ3n) is 1.33. The van der Waals surface area contributed by atoms with Crippen LogP contribution in [0.3, 0.4) is 0 Å². The van der Waals surface area contributed by atoms with Crippen molar-refractivity contribution in [3.8, 4) is 0 Å². The molecule has 1 rings (SSSR count). The highest BCUT2D eigenvalue weighted by molar-refractivity contribution is 7.14. The number of carbonyl (C=O) groups is 1. The standard InChI is InChI=1S/C8H7NO2S/c1-5-4-6(9-2)7(12-5)8(10)11-3/h4H,1,3H3. The average molecular weight is 181 g/mol. The monoisotopic (exact) mass is 181 g/mol. The molecule has 0 bridgehead atoms. The van der Waals surface area contributed by atoms with Crippen molar-refractivity contribution in [1.29, 1.82) is 0 Å². The number of esters is 1. The van der Waals surface area contributed by atoms with E-state index in [1.54, 1.807) is 6.07 Å². The van der Waals surface area contributed by atoms with Crippen LogP contribution in [0.5, 0.6) is 0 Å². The summed E-state index contributed by atoms with van der Waals surface area (Å²) in [7, 11) is 1.31. The summed E-state index contributed by atoms with van der Waals surface area (Å²) in [4.78, 5) is 15.6. The Labute approximate surface area is 74.4 Å². The van der Waals surface area contributed by atoms with Crippen LogP contribution in [0.4, 0.5) is 5.69 Å². The summed E-state index contributed by atoms with van der Waals surface area (Å²) >= 11 is 1.28. The topological polar surface area (TPSA) is 30.7 Å². The number of carbonyl (C=O) groups excluding carboxylic acids is 1. The predicted octanol–water partition coefficient (Wildman–Crippen LogP) is 2.39. The number of nitrogens with zero attached hydrogens (tertiary/aromatic N) is 1. The van der Waals surface area contributed by atoms with Crippen molar-refractivity contribution < 1.29 is 9.53 Å². The summed E-state index contributed by atoms with van der Waals surface area (Å²) < 4.78 is 4.52. The fourth-order valence-electron chi connectivity index (χ4n) is 0.823. The lowest BCUT2D eigenvalue weighted by atomic mass is 10.4. The van der Waals surface area contributed by atoms with Gasteiger partial charge in [-0.2, -0.15) is 0 Å². The van der Waals surface area contributed by atoms with Crippen LogP contribution in [0.1, 0.15) is 14.5 Å². The molecular weight excluding hydrogens is 174 g/mol. The molecule has 0 spiro atoms. The van der Waals surface area contributed by atoms with Crippen molar-refractivity contribution in [2.75, 3.05) is 7.11 Å². The number of hydrogen-bond donors (Lipinski definition) is 0. The molecule has 0 saturated carbocycles. The van der Waals surface area contributed by atoms with Crippen molar-refractivity contribution in [3.63, 3.8) is 0 Å². The zero-order chi connectivity index (χ0) is 9.14. The van der Waals surface area contributed by atoms with E-state index in [-0.39, 0.29) is 0 Å². The normalized spacial score (nSPS) is 9.08.